The Hall–Kier alpha value is -2.79. The fraction of sp³-hybridized carbons (Fsp3) is 0.111. The Balaban J connectivity index is 1.48. The Bertz CT molecular complexity index is 838. The molecule has 1 heterocycles. The van der Waals surface area contributed by atoms with Gasteiger partial charge in [-0.05, 0) is 36.4 Å². The van der Waals surface area contributed by atoms with Crippen molar-refractivity contribution in [2.75, 3.05) is 13.1 Å². The summed E-state index contributed by atoms with van der Waals surface area (Å²) in [6.07, 6.45) is 0. The predicted molar refractivity (Wildman–Crippen MR) is 94.4 cm³/mol. The van der Waals surface area contributed by atoms with Crippen molar-refractivity contribution < 1.29 is 9.59 Å². The molecule has 0 aliphatic carbocycles. The Kier molecular flexibility index (Phi) is 4.82. The van der Waals surface area contributed by atoms with Crippen LogP contribution in [0.2, 0.25) is 5.02 Å². The summed E-state index contributed by atoms with van der Waals surface area (Å²) < 4.78 is 0. The molecule has 0 radical (unpaired) electrons. The van der Waals surface area contributed by atoms with Crippen molar-refractivity contribution in [3.8, 4) is 0 Å². The van der Waals surface area contributed by atoms with Gasteiger partial charge >= 0.3 is 0 Å². The summed E-state index contributed by atoms with van der Waals surface area (Å²) in [6.45, 7) is 0.682. The lowest BCUT2D eigenvalue weighted by molar-refractivity contribution is 0.0925. The minimum absolute atomic E-state index is 0.202. The molecule has 0 saturated heterocycles. The van der Waals surface area contributed by atoms with Crippen LogP contribution < -0.4 is 10.6 Å². The first-order valence-corrected chi connectivity index (χ1v) is 7.91. The van der Waals surface area contributed by atoms with Gasteiger partial charge in [-0.15, -0.1) is 0 Å². The molecule has 3 rings (SSSR count). The van der Waals surface area contributed by atoms with Gasteiger partial charge in [0.2, 0.25) is 0 Å². The highest BCUT2D eigenvalue weighted by Crippen LogP contribution is 2.14. The Labute approximate surface area is 144 Å². The fourth-order valence-electron chi connectivity index (χ4n) is 2.35. The molecule has 0 aliphatic rings. The summed E-state index contributed by atoms with van der Waals surface area (Å²) in [5.74, 6) is -0.404. The number of hydrogen-bond donors (Lipinski definition) is 3. The zero-order valence-electron chi connectivity index (χ0n) is 12.8. The van der Waals surface area contributed by atoms with Crippen molar-refractivity contribution in [2.45, 2.75) is 0 Å². The van der Waals surface area contributed by atoms with E-state index < -0.39 is 0 Å². The van der Waals surface area contributed by atoms with E-state index in [1.807, 2.05) is 24.3 Å². The van der Waals surface area contributed by atoms with Gasteiger partial charge < -0.3 is 15.6 Å². The number of halogens is 1. The normalized spacial score (nSPS) is 10.5. The highest BCUT2D eigenvalue weighted by Gasteiger charge is 2.09. The van der Waals surface area contributed by atoms with Crippen LogP contribution in [0, 0.1) is 0 Å². The van der Waals surface area contributed by atoms with Gasteiger partial charge in [-0.25, -0.2) is 0 Å². The molecule has 0 spiro atoms. The number of para-hydroxylation sites is 1. The van der Waals surface area contributed by atoms with Crippen molar-refractivity contribution in [3.63, 3.8) is 0 Å². The van der Waals surface area contributed by atoms with Crippen LogP contribution in [0.5, 0.6) is 0 Å². The maximum absolute atomic E-state index is 12.1. The zero-order chi connectivity index (χ0) is 16.9. The monoisotopic (exact) mass is 341 g/mol. The van der Waals surface area contributed by atoms with E-state index in [0.29, 0.717) is 29.4 Å². The van der Waals surface area contributed by atoms with Crippen LogP contribution in [-0.4, -0.2) is 29.9 Å². The summed E-state index contributed by atoms with van der Waals surface area (Å²) in [5, 5.41) is 7.08. The third-order valence-corrected chi connectivity index (χ3v) is 3.83. The third-order valence-electron chi connectivity index (χ3n) is 3.58. The summed E-state index contributed by atoms with van der Waals surface area (Å²) in [5.41, 5.74) is 1.94. The van der Waals surface area contributed by atoms with Crippen molar-refractivity contribution in [1.29, 1.82) is 0 Å². The van der Waals surface area contributed by atoms with Crippen LogP contribution in [-0.2, 0) is 0 Å². The SMILES string of the molecule is O=C(NCCNC(=O)c1cc2ccccc2[nH]1)c1ccc(Cl)cc1. The van der Waals surface area contributed by atoms with E-state index in [9.17, 15) is 9.59 Å². The van der Waals surface area contributed by atoms with E-state index in [-0.39, 0.29) is 11.8 Å². The number of amides is 2. The molecule has 2 aromatic carbocycles. The van der Waals surface area contributed by atoms with Crippen LogP contribution in [0.25, 0.3) is 10.9 Å². The molecule has 24 heavy (non-hydrogen) atoms. The number of rotatable bonds is 5. The molecule has 0 bridgehead atoms. The second-order valence-corrected chi connectivity index (χ2v) is 5.73. The minimum atomic E-state index is -0.202. The molecule has 0 saturated carbocycles. The molecule has 0 atom stereocenters. The van der Waals surface area contributed by atoms with Gasteiger partial charge in [-0.1, -0.05) is 29.8 Å². The van der Waals surface area contributed by atoms with Gasteiger partial charge in [0.25, 0.3) is 11.8 Å². The zero-order valence-corrected chi connectivity index (χ0v) is 13.6. The molecular formula is C18H16ClN3O2. The van der Waals surface area contributed by atoms with Gasteiger partial charge in [0, 0.05) is 34.6 Å². The van der Waals surface area contributed by atoms with E-state index in [4.69, 9.17) is 11.6 Å². The molecular weight excluding hydrogens is 326 g/mol. The summed E-state index contributed by atoms with van der Waals surface area (Å²) >= 11 is 5.78. The number of benzene rings is 2. The topological polar surface area (TPSA) is 74.0 Å². The molecule has 3 aromatic rings. The lowest BCUT2D eigenvalue weighted by Crippen LogP contribution is -2.34. The van der Waals surface area contributed by atoms with Crippen molar-refractivity contribution >= 4 is 34.3 Å². The maximum Gasteiger partial charge on any atom is 0.267 e. The fourth-order valence-corrected chi connectivity index (χ4v) is 2.47. The number of hydrogen-bond acceptors (Lipinski definition) is 2. The Morgan fingerprint density at radius 2 is 1.58 bits per heavy atom. The van der Waals surface area contributed by atoms with Gasteiger partial charge in [0.1, 0.15) is 5.69 Å². The van der Waals surface area contributed by atoms with Crippen molar-refractivity contribution in [1.82, 2.24) is 15.6 Å². The highest BCUT2D eigenvalue weighted by molar-refractivity contribution is 6.30. The smallest absolute Gasteiger partial charge is 0.267 e. The third kappa shape index (κ3) is 3.75. The molecule has 5 nitrogen and oxygen atoms in total. The van der Waals surface area contributed by atoms with E-state index >= 15 is 0 Å². The van der Waals surface area contributed by atoms with Crippen LogP contribution >= 0.6 is 11.6 Å². The number of aromatic nitrogens is 1. The summed E-state index contributed by atoms with van der Waals surface area (Å²) in [7, 11) is 0. The first-order chi connectivity index (χ1) is 11.6. The molecule has 0 fully saturated rings. The van der Waals surface area contributed by atoms with Crippen LogP contribution in [0.15, 0.2) is 54.6 Å². The van der Waals surface area contributed by atoms with E-state index in [0.717, 1.165) is 10.9 Å². The number of carbonyl (C=O) groups is 2. The number of fused-ring (bicyclic) bond motifs is 1. The summed E-state index contributed by atoms with van der Waals surface area (Å²) in [4.78, 5) is 27.1. The maximum atomic E-state index is 12.1. The number of aromatic amines is 1. The van der Waals surface area contributed by atoms with E-state index in [2.05, 4.69) is 15.6 Å². The van der Waals surface area contributed by atoms with Crippen LogP contribution in [0.3, 0.4) is 0 Å². The highest BCUT2D eigenvalue weighted by atomic mass is 35.5. The molecule has 3 N–H and O–H groups in total. The average Bonchev–Trinajstić information content (AvgIpc) is 3.03. The number of nitrogens with one attached hydrogen (secondary N) is 3. The van der Waals surface area contributed by atoms with Crippen LogP contribution in [0.1, 0.15) is 20.8 Å². The number of carbonyl (C=O) groups excluding carboxylic acids is 2. The van der Waals surface area contributed by atoms with Gasteiger partial charge in [-0.3, -0.25) is 9.59 Å². The lowest BCUT2D eigenvalue weighted by atomic mass is 10.2. The van der Waals surface area contributed by atoms with Gasteiger partial charge in [-0.2, -0.15) is 0 Å². The molecule has 6 heteroatoms. The molecule has 1 aromatic heterocycles. The predicted octanol–water partition coefficient (Wildman–Crippen LogP) is 2.98. The molecule has 0 aliphatic heterocycles. The first kappa shape index (κ1) is 16.1. The van der Waals surface area contributed by atoms with E-state index in [1.165, 1.54) is 0 Å². The second-order valence-electron chi connectivity index (χ2n) is 5.29. The van der Waals surface area contributed by atoms with Crippen LogP contribution in [0.4, 0.5) is 0 Å². The number of H-pyrrole nitrogens is 1. The second kappa shape index (κ2) is 7.19. The van der Waals surface area contributed by atoms with Gasteiger partial charge in [0.05, 0.1) is 0 Å². The van der Waals surface area contributed by atoms with E-state index in [1.54, 1.807) is 30.3 Å². The standard InChI is InChI=1S/C18H16ClN3O2/c19-14-7-5-12(6-8-14)17(23)20-9-10-21-18(24)16-11-13-3-1-2-4-15(13)22-16/h1-8,11,22H,9-10H2,(H,20,23)(H,21,24). The molecule has 2 amide bonds. The average molecular weight is 342 g/mol. The molecule has 122 valence electrons. The Morgan fingerprint density at radius 1 is 0.917 bits per heavy atom. The van der Waals surface area contributed by atoms with Crippen molar-refractivity contribution in [3.05, 3.63) is 70.9 Å². The van der Waals surface area contributed by atoms with Crippen molar-refractivity contribution in [2.24, 2.45) is 0 Å². The molecule has 0 unspecified atom stereocenters. The lowest BCUT2D eigenvalue weighted by Gasteiger charge is -2.06. The minimum Gasteiger partial charge on any atom is -0.351 e. The quantitative estimate of drug-likeness (QED) is 0.624. The summed E-state index contributed by atoms with van der Waals surface area (Å²) in [6, 6.07) is 16.1. The Morgan fingerprint density at radius 3 is 2.29 bits per heavy atom. The first-order valence-electron chi connectivity index (χ1n) is 7.53. The van der Waals surface area contributed by atoms with Gasteiger partial charge in [0.15, 0.2) is 0 Å². The largest absolute Gasteiger partial charge is 0.351 e.